The molecule has 2 saturated heterocycles. The molecule has 30 heavy (non-hydrogen) atoms. The molecule has 0 radical (unpaired) electrons. The first-order valence-corrected chi connectivity index (χ1v) is 11.4. The topological polar surface area (TPSA) is 100 Å². The van der Waals surface area contributed by atoms with Gasteiger partial charge in [-0.3, -0.25) is 4.79 Å². The Balaban J connectivity index is 1.57. The van der Waals surface area contributed by atoms with E-state index in [9.17, 15) is 21.9 Å². The molecule has 2 amide bonds. The molecule has 0 N–H and O–H groups in total. The molecule has 2 aliphatic rings. The van der Waals surface area contributed by atoms with E-state index in [1.807, 2.05) is 25.7 Å². The van der Waals surface area contributed by atoms with Crippen molar-refractivity contribution in [1.82, 2.24) is 9.88 Å². The van der Waals surface area contributed by atoms with Gasteiger partial charge in [-0.2, -0.15) is 8.42 Å². The predicted molar refractivity (Wildman–Crippen MR) is 110 cm³/mol. The number of rotatable bonds is 4. The van der Waals surface area contributed by atoms with E-state index in [4.69, 9.17) is 4.74 Å². The molecule has 1 unspecified atom stereocenters. The van der Waals surface area contributed by atoms with Crippen LogP contribution in [0.2, 0.25) is 0 Å². The number of carbonyl (C=O) groups is 2. The lowest BCUT2D eigenvalue weighted by Gasteiger charge is -2.36. The van der Waals surface area contributed by atoms with E-state index >= 15 is 0 Å². The van der Waals surface area contributed by atoms with E-state index in [0.29, 0.717) is 31.9 Å². The third-order valence-electron chi connectivity index (χ3n) is 4.94. The summed E-state index contributed by atoms with van der Waals surface area (Å²) >= 11 is 0. The van der Waals surface area contributed by atoms with Gasteiger partial charge < -0.3 is 19.4 Å². The molecule has 166 valence electrons. The molecule has 1 aromatic rings. The molecule has 0 bridgehead atoms. The number of hydrogen-bond acceptors (Lipinski definition) is 7. The molecule has 0 spiro atoms. The number of anilines is 2. The maximum absolute atomic E-state index is 12.9. The Labute approximate surface area is 176 Å². The Hall–Kier alpha value is -2.43. The lowest BCUT2D eigenvalue weighted by atomic mass is 10.1. The highest BCUT2D eigenvalue weighted by molar-refractivity contribution is 7.86. The molecule has 1 atom stereocenters. The van der Waals surface area contributed by atoms with Gasteiger partial charge in [0.2, 0.25) is 5.91 Å². The number of amides is 2. The van der Waals surface area contributed by atoms with E-state index in [1.54, 1.807) is 23.2 Å². The van der Waals surface area contributed by atoms with Crippen molar-refractivity contribution in [1.29, 1.82) is 0 Å². The first kappa shape index (κ1) is 22.3. The number of piperazine rings is 1. The van der Waals surface area contributed by atoms with Crippen molar-refractivity contribution in [3.8, 4) is 0 Å². The Bertz CT molecular complexity index is 892. The molecule has 0 aliphatic carbocycles. The maximum atomic E-state index is 12.9. The van der Waals surface area contributed by atoms with E-state index in [1.165, 1.54) is 4.90 Å². The predicted octanol–water partition coefficient (Wildman–Crippen LogP) is 1.79. The van der Waals surface area contributed by atoms with Crippen molar-refractivity contribution in [2.75, 3.05) is 48.3 Å². The standard InChI is InChI=1S/C19H27FN4O5S/c1-19(2,3)29-18(26)23-8-6-22(7-9-23)16-5-4-15(11-21-16)24-12-14(10-17(24)25)13-30(20,27)28/h4-5,11,14H,6-10,12-13H2,1-3H3. The van der Waals surface area contributed by atoms with Gasteiger partial charge in [-0.25, -0.2) is 9.78 Å². The largest absolute Gasteiger partial charge is 0.444 e. The molecule has 3 rings (SSSR count). The highest BCUT2D eigenvalue weighted by Gasteiger charge is 2.34. The van der Waals surface area contributed by atoms with Crippen LogP contribution in [0.3, 0.4) is 0 Å². The minimum Gasteiger partial charge on any atom is -0.444 e. The van der Waals surface area contributed by atoms with E-state index in [0.717, 1.165) is 5.82 Å². The number of hydrogen-bond donors (Lipinski definition) is 0. The van der Waals surface area contributed by atoms with Crippen molar-refractivity contribution in [2.24, 2.45) is 5.92 Å². The van der Waals surface area contributed by atoms with Crippen molar-refractivity contribution in [2.45, 2.75) is 32.8 Å². The number of carbonyl (C=O) groups excluding carboxylic acids is 2. The quantitative estimate of drug-likeness (QED) is 0.656. The summed E-state index contributed by atoms with van der Waals surface area (Å²) in [4.78, 5) is 33.9. The molecule has 1 aromatic heterocycles. The highest BCUT2D eigenvalue weighted by atomic mass is 32.3. The summed E-state index contributed by atoms with van der Waals surface area (Å²) in [6.45, 7) is 7.88. The van der Waals surface area contributed by atoms with Gasteiger partial charge in [0.1, 0.15) is 11.4 Å². The van der Waals surface area contributed by atoms with Gasteiger partial charge >= 0.3 is 16.3 Å². The van der Waals surface area contributed by atoms with Crippen molar-refractivity contribution in [3.63, 3.8) is 0 Å². The van der Waals surface area contributed by atoms with E-state index in [2.05, 4.69) is 4.98 Å². The molecule has 9 nitrogen and oxygen atoms in total. The zero-order valence-electron chi connectivity index (χ0n) is 17.4. The lowest BCUT2D eigenvalue weighted by Crippen LogP contribution is -2.50. The normalized spacial score (nSPS) is 20.6. The SMILES string of the molecule is CC(C)(C)OC(=O)N1CCN(c2ccc(N3CC(CS(=O)(=O)F)CC3=O)cn2)CC1. The number of nitrogens with zero attached hydrogens (tertiary/aromatic N) is 4. The third-order valence-corrected chi connectivity index (χ3v) is 5.81. The monoisotopic (exact) mass is 442 g/mol. The van der Waals surface area contributed by atoms with Gasteiger partial charge in [0.05, 0.1) is 17.6 Å². The summed E-state index contributed by atoms with van der Waals surface area (Å²) in [5, 5.41) is 0. The number of halogens is 1. The summed E-state index contributed by atoms with van der Waals surface area (Å²) in [6, 6.07) is 3.53. The summed E-state index contributed by atoms with van der Waals surface area (Å²) in [7, 11) is -4.62. The van der Waals surface area contributed by atoms with Crippen LogP contribution in [0.5, 0.6) is 0 Å². The second-order valence-corrected chi connectivity index (χ2v) is 10.0. The third kappa shape index (κ3) is 5.80. The molecule has 3 heterocycles. The zero-order valence-corrected chi connectivity index (χ0v) is 18.2. The Morgan fingerprint density at radius 3 is 2.43 bits per heavy atom. The number of pyridine rings is 1. The molecular formula is C19H27FN4O5S. The fourth-order valence-electron chi connectivity index (χ4n) is 3.59. The first-order chi connectivity index (χ1) is 13.9. The van der Waals surface area contributed by atoms with Crippen molar-refractivity contribution >= 4 is 33.7 Å². The molecular weight excluding hydrogens is 415 g/mol. The number of ether oxygens (including phenoxy) is 1. The molecule has 11 heteroatoms. The summed E-state index contributed by atoms with van der Waals surface area (Å²) in [5.74, 6) is -0.739. The minimum atomic E-state index is -4.62. The molecule has 0 saturated carbocycles. The van der Waals surface area contributed by atoms with Gasteiger partial charge in [-0.1, -0.05) is 0 Å². The van der Waals surface area contributed by atoms with Gasteiger partial charge in [-0.05, 0) is 32.9 Å². The lowest BCUT2D eigenvalue weighted by molar-refractivity contribution is -0.117. The second-order valence-electron chi connectivity index (χ2n) is 8.61. The van der Waals surface area contributed by atoms with Gasteiger partial charge in [-0.15, -0.1) is 3.89 Å². The smallest absolute Gasteiger partial charge is 0.410 e. The second kappa shape index (κ2) is 8.37. The van der Waals surface area contributed by atoms with E-state index in [-0.39, 0.29) is 25.0 Å². The molecule has 0 aromatic carbocycles. The van der Waals surface area contributed by atoms with Crippen LogP contribution in [-0.2, 0) is 19.8 Å². The van der Waals surface area contributed by atoms with Gasteiger partial charge in [0.25, 0.3) is 0 Å². The van der Waals surface area contributed by atoms with Crippen LogP contribution < -0.4 is 9.80 Å². The maximum Gasteiger partial charge on any atom is 0.410 e. The fourth-order valence-corrected chi connectivity index (χ4v) is 4.38. The van der Waals surface area contributed by atoms with E-state index < -0.39 is 27.5 Å². The zero-order chi connectivity index (χ0) is 22.1. The van der Waals surface area contributed by atoms with Crippen LogP contribution in [0, 0.1) is 5.92 Å². The average Bonchev–Trinajstić information content (AvgIpc) is 2.99. The molecule has 2 fully saturated rings. The van der Waals surface area contributed by atoms with Crippen LogP contribution in [0.1, 0.15) is 27.2 Å². The number of aromatic nitrogens is 1. The first-order valence-electron chi connectivity index (χ1n) is 9.83. The van der Waals surface area contributed by atoms with Crippen LogP contribution in [0.15, 0.2) is 18.3 Å². The van der Waals surface area contributed by atoms with Crippen LogP contribution in [0.25, 0.3) is 0 Å². The Morgan fingerprint density at radius 2 is 1.90 bits per heavy atom. The average molecular weight is 443 g/mol. The van der Waals surface area contributed by atoms with Crippen LogP contribution in [0.4, 0.5) is 20.2 Å². The minimum absolute atomic E-state index is 0.00245. The summed E-state index contributed by atoms with van der Waals surface area (Å²) in [6.07, 6.45) is 1.22. The van der Waals surface area contributed by atoms with Gasteiger partial charge in [0, 0.05) is 45.1 Å². The van der Waals surface area contributed by atoms with Crippen molar-refractivity contribution in [3.05, 3.63) is 18.3 Å². The Kier molecular flexibility index (Phi) is 6.21. The summed E-state index contributed by atoms with van der Waals surface area (Å²) < 4.78 is 40.0. The molecule has 2 aliphatic heterocycles. The van der Waals surface area contributed by atoms with Crippen molar-refractivity contribution < 1.29 is 26.6 Å². The highest BCUT2D eigenvalue weighted by Crippen LogP contribution is 2.27. The Morgan fingerprint density at radius 1 is 1.23 bits per heavy atom. The summed E-state index contributed by atoms with van der Waals surface area (Å²) in [5.41, 5.74) is 0.0151. The fraction of sp³-hybridized carbons (Fsp3) is 0.632. The van der Waals surface area contributed by atoms with Gasteiger partial charge in [0.15, 0.2) is 0 Å². The van der Waals surface area contributed by atoms with Crippen LogP contribution in [-0.4, -0.2) is 74.4 Å². The van der Waals surface area contributed by atoms with Crippen LogP contribution >= 0.6 is 0 Å².